The lowest BCUT2D eigenvalue weighted by Crippen LogP contribution is -2.22. The van der Waals surface area contributed by atoms with Gasteiger partial charge >= 0.3 is 5.76 Å². The summed E-state index contributed by atoms with van der Waals surface area (Å²) in [5.74, 6) is -1.13. The summed E-state index contributed by atoms with van der Waals surface area (Å²) in [5.41, 5.74) is 0.737. The van der Waals surface area contributed by atoms with Crippen molar-refractivity contribution in [1.82, 2.24) is 4.57 Å². The van der Waals surface area contributed by atoms with Crippen LogP contribution in [0.25, 0.3) is 11.3 Å². The summed E-state index contributed by atoms with van der Waals surface area (Å²) in [4.78, 5) is 22.6. The van der Waals surface area contributed by atoms with Gasteiger partial charge in [0.25, 0.3) is 5.91 Å². The molecule has 0 saturated carbocycles. The zero-order valence-electron chi connectivity index (χ0n) is 8.22. The molecule has 2 aromatic rings. The molecule has 1 aromatic heterocycles. The summed E-state index contributed by atoms with van der Waals surface area (Å²) in [6.07, 6.45) is 1.35. The molecular formula is C11H8ClNO3. The van der Waals surface area contributed by atoms with E-state index in [0.29, 0.717) is 5.76 Å². The molecule has 0 N–H and O–H groups in total. The van der Waals surface area contributed by atoms with Crippen molar-refractivity contribution in [3.63, 3.8) is 0 Å². The first-order valence-corrected chi connectivity index (χ1v) is 5.13. The van der Waals surface area contributed by atoms with Crippen LogP contribution < -0.4 is 5.76 Å². The number of halogens is 1. The maximum absolute atomic E-state index is 11.3. The van der Waals surface area contributed by atoms with E-state index in [2.05, 4.69) is 0 Å². The minimum Gasteiger partial charge on any atom is -0.407 e. The summed E-state index contributed by atoms with van der Waals surface area (Å²) in [5, 5.41) is 0. The maximum Gasteiger partial charge on any atom is 0.426 e. The highest BCUT2D eigenvalue weighted by molar-refractivity contribution is 6.27. The SMILES string of the molecule is O=C(CCl)n1cc(-c2ccccc2)oc1=O. The van der Waals surface area contributed by atoms with Gasteiger partial charge in [-0.25, -0.2) is 9.36 Å². The number of hydrogen-bond donors (Lipinski definition) is 0. The molecule has 82 valence electrons. The smallest absolute Gasteiger partial charge is 0.407 e. The second-order valence-electron chi connectivity index (χ2n) is 3.12. The lowest BCUT2D eigenvalue weighted by Gasteiger charge is -1.93. The topological polar surface area (TPSA) is 52.2 Å². The zero-order chi connectivity index (χ0) is 11.5. The lowest BCUT2D eigenvalue weighted by atomic mass is 10.2. The van der Waals surface area contributed by atoms with Crippen LogP contribution in [0, 0.1) is 0 Å². The molecule has 0 fully saturated rings. The van der Waals surface area contributed by atoms with Crippen molar-refractivity contribution in [2.24, 2.45) is 0 Å². The first-order valence-electron chi connectivity index (χ1n) is 4.59. The molecule has 4 nitrogen and oxygen atoms in total. The number of alkyl halides is 1. The van der Waals surface area contributed by atoms with Crippen molar-refractivity contribution < 1.29 is 9.21 Å². The lowest BCUT2D eigenvalue weighted by molar-refractivity contribution is 0.0932. The highest BCUT2D eigenvalue weighted by Crippen LogP contribution is 2.16. The van der Waals surface area contributed by atoms with Gasteiger partial charge < -0.3 is 4.42 Å². The van der Waals surface area contributed by atoms with Gasteiger partial charge in [-0.05, 0) is 0 Å². The third-order valence-electron chi connectivity index (χ3n) is 2.08. The Bertz CT molecular complexity index is 556. The van der Waals surface area contributed by atoms with E-state index >= 15 is 0 Å². The van der Waals surface area contributed by atoms with Gasteiger partial charge in [0.15, 0.2) is 5.76 Å². The number of benzene rings is 1. The van der Waals surface area contributed by atoms with E-state index in [1.807, 2.05) is 18.2 Å². The Hall–Kier alpha value is -1.81. The highest BCUT2D eigenvalue weighted by atomic mass is 35.5. The molecule has 16 heavy (non-hydrogen) atoms. The van der Waals surface area contributed by atoms with E-state index in [-0.39, 0.29) is 5.88 Å². The summed E-state index contributed by atoms with van der Waals surface area (Å²) < 4.78 is 5.82. The Morgan fingerprint density at radius 1 is 1.31 bits per heavy atom. The standard InChI is InChI=1S/C11H8ClNO3/c12-6-10(14)13-7-9(16-11(13)15)8-4-2-1-3-5-8/h1-5,7H,6H2. The van der Waals surface area contributed by atoms with Crippen LogP contribution in [0.3, 0.4) is 0 Å². The molecule has 1 heterocycles. The van der Waals surface area contributed by atoms with E-state index in [0.717, 1.165) is 10.1 Å². The zero-order valence-corrected chi connectivity index (χ0v) is 8.98. The molecule has 0 spiro atoms. The first kappa shape index (κ1) is 10.7. The minimum absolute atomic E-state index is 0.256. The van der Waals surface area contributed by atoms with Gasteiger partial charge in [-0.1, -0.05) is 30.3 Å². The third kappa shape index (κ3) is 1.92. The van der Waals surface area contributed by atoms with Crippen LogP contribution in [0.15, 0.2) is 45.7 Å². The van der Waals surface area contributed by atoms with Crippen LogP contribution in [-0.2, 0) is 0 Å². The second-order valence-corrected chi connectivity index (χ2v) is 3.39. The fraction of sp³-hybridized carbons (Fsp3) is 0.0909. The average Bonchev–Trinajstić information content (AvgIpc) is 2.71. The molecule has 1 aromatic carbocycles. The van der Waals surface area contributed by atoms with Crippen molar-refractivity contribution in [2.75, 3.05) is 5.88 Å². The molecule has 0 radical (unpaired) electrons. The van der Waals surface area contributed by atoms with Gasteiger partial charge in [0, 0.05) is 5.56 Å². The Morgan fingerprint density at radius 3 is 2.62 bits per heavy atom. The Labute approximate surface area is 96.1 Å². The Kier molecular flexibility index (Phi) is 2.92. The van der Waals surface area contributed by atoms with Crippen molar-refractivity contribution in [3.8, 4) is 11.3 Å². The molecule has 2 rings (SSSR count). The van der Waals surface area contributed by atoms with Crippen molar-refractivity contribution in [3.05, 3.63) is 47.1 Å². The maximum atomic E-state index is 11.3. The fourth-order valence-corrected chi connectivity index (χ4v) is 1.44. The molecule has 5 heteroatoms. The highest BCUT2D eigenvalue weighted by Gasteiger charge is 2.12. The summed E-state index contributed by atoms with van der Waals surface area (Å²) >= 11 is 5.36. The first-order chi connectivity index (χ1) is 7.72. The summed E-state index contributed by atoms with van der Waals surface area (Å²) in [6.45, 7) is 0. The Balaban J connectivity index is 2.47. The number of aromatic nitrogens is 1. The van der Waals surface area contributed by atoms with Gasteiger partial charge in [0.05, 0.1) is 6.20 Å². The molecular weight excluding hydrogens is 230 g/mol. The van der Waals surface area contributed by atoms with E-state index in [1.54, 1.807) is 12.1 Å². The number of carbonyl (C=O) groups is 1. The molecule has 0 aliphatic heterocycles. The number of hydrogen-bond acceptors (Lipinski definition) is 3. The molecule has 0 aliphatic rings. The van der Waals surface area contributed by atoms with Crippen LogP contribution in [0.4, 0.5) is 0 Å². The quantitative estimate of drug-likeness (QED) is 0.751. The average molecular weight is 238 g/mol. The van der Waals surface area contributed by atoms with Crippen molar-refractivity contribution in [1.29, 1.82) is 0 Å². The monoisotopic (exact) mass is 237 g/mol. The summed E-state index contributed by atoms with van der Waals surface area (Å²) in [7, 11) is 0. The molecule has 0 saturated heterocycles. The van der Waals surface area contributed by atoms with E-state index in [1.165, 1.54) is 6.20 Å². The predicted octanol–water partition coefficient (Wildman–Crippen LogP) is 1.99. The Morgan fingerprint density at radius 2 is 2.00 bits per heavy atom. The van der Waals surface area contributed by atoms with Crippen LogP contribution >= 0.6 is 11.6 Å². The van der Waals surface area contributed by atoms with Crippen molar-refractivity contribution in [2.45, 2.75) is 0 Å². The molecule has 0 bridgehead atoms. The van der Waals surface area contributed by atoms with Gasteiger partial charge in [0.2, 0.25) is 0 Å². The van der Waals surface area contributed by atoms with E-state index in [9.17, 15) is 9.59 Å². The van der Waals surface area contributed by atoms with Gasteiger partial charge in [-0.2, -0.15) is 0 Å². The van der Waals surface area contributed by atoms with E-state index in [4.69, 9.17) is 16.0 Å². The number of rotatable bonds is 2. The largest absolute Gasteiger partial charge is 0.426 e. The number of carbonyl (C=O) groups excluding carboxylic acids is 1. The third-order valence-corrected chi connectivity index (χ3v) is 2.31. The van der Waals surface area contributed by atoms with Crippen LogP contribution in [0.1, 0.15) is 4.79 Å². The van der Waals surface area contributed by atoms with Crippen molar-refractivity contribution >= 4 is 17.5 Å². The second kappa shape index (κ2) is 4.37. The van der Waals surface area contributed by atoms with Crippen LogP contribution in [0.5, 0.6) is 0 Å². The number of nitrogens with zero attached hydrogens (tertiary/aromatic N) is 1. The molecule has 0 aliphatic carbocycles. The van der Waals surface area contributed by atoms with Crippen LogP contribution in [0.2, 0.25) is 0 Å². The van der Waals surface area contributed by atoms with Gasteiger partial charge in [-0.3, -0.25) is 4.79 Å². The molecule has 0 unspecified atom stereocenters. The minimum atomic E-state index is -0.718. The predicted molar refractivity (Wildman–Crippen MR) is 59.8 cm³/mol. The number of oxazole rings is 1. The van der Waals surface area contributed by atoms with Gasteiger partial charge in [0.1, 0.15) is 5.88 Å². The molecule has 0 amide bonds. The fourth-order valence-electron chi connectivity index (χ4n) is 1.31. The van der Waals surface area contributed by atoms with Gasteiger partial charge in [-0.15, -0.1) is 11.6 Å². The van der Waals surface area contributed by atoms with E-state index < -0.39 is 11.7 Å². The summed E-state index contributed by atoms with van der Waals surface area (Å²) in [6, 6.07) is 9.05. The normalized spacial score (nSPS) is 10.3. The molecule has 0 atom stereocenters. The van der Waals surface area contributed by atoms with Crippen LogP contribution in [-0.4, -0.2) is 16.4 Å².